The number of hydrogen-bond donors (Lipinski definition) is 0. The zero-order valence-corrected chi connectivity index (χ0v) is 10.1. The standard InChI is InChI=1S/C15H15NO/c1-11-5-3-7-13(9-11)10-14(17)15-12(2)6-4-8-16-15/h3-9H,10H2,1-2H3. The third kappa shape index (κ3) is 2.78. The number of aromatic nitrogens is 1. The number of ketones is 1. The summed E-state index contributed by atoms with van der Waals surface area (Å²) in [6, 6.07) is 11.8. The van der Waals surface area contributed by atoms with Crippen molar-refractivity contribution >= 4 is 5.78 Å². The maximum Gasteiger partial charge on any atom is 0.185 e. The van der Waals surface area contributed by atoms with Gasteiger partial charge in [0, 0.05) is 12.6 Å². The minimum Gasteiger partial charge on any atom is -0.292 e. The van der Waals surface area contributed by atoms with Gasteiger partial charge in [0.05, 0.1) is 0 Å². The van der Waals surface area contributed by atoms with E-state index >= 15 is 0 Å². The maximum atomic E-state index is 12.1. The lowest BCUT2D eigenvalue weighted by atomic mass is 10.0. The van der Waals surface area contributed by atoms with Crippen LogP contribution in [0.2, 0.25) is 0 Å². The second-order valence-corrected chi connectivity index (χ2v) is 4.26. The Labute approximate surface area is 101 Å². The monoisotopic (exact) mass is 225 g/mol. The number of aryl methyl sites for hydroxylation is 2. The minimum absolute atomic E-state index is 0.0775. The number of carbonyl (C=O) groups is 1. The van der Waals surface area contributed by atoms with E-state index in [0.717, 1.165) is 11.1 Å². The molecule has 2 nitrogen and oxygen atoms in total. The number of hydrogen-bond acceptors (Lipinski definition) is 2. The number of pyridine rings is 1. The Kier molecular flexibility index (Phi) is 3.33. The molecule has 0 radical (unpaired) electrons. The fourth-order valence-electron chi connectivity index (χ4n) is 1.87. The van der Waals surface area contributed by atoms with E-state index in [4.69, 9.17) is 0 Å². The Morgan fingerprint density at radius 1 is 1.18 bits per heavy atom. The van der Waals surface area contributed by atoms with Crippen molar-refractivity contribution in [3.8, 4) is 0 Å². The zero-order valence-electron chi connectivity index (χ0n) is 10.1. The van der Waals surface area contributed by atoms with Crippen molar-refractivity contribution in [1.29, 1.82) is 0 Å². The Morgan fingerprint density at radius 3 is 2.71 bits per heavy atom. The van der Waals surface area contributed by atoms with Crippen LogP contribution in [0.5, 0.6) is 0 Å². The fourth-order valence-corrected chi connectivity index (χ4v) is 1.87. The van der Waals surface area contributed by atoms with Crippen LogP contribution in [-0.2, 0) is 6.42 Å². The molecule has 1 aromatic heterocycles. The van der Waals surface area contributed by atoms with Gasteiger partial charge in [0.25, 0.3) is 0 Å². The fraction of sp³-hybridized carbons (Fsp3) is 0.200. The first-order valence-corrected chi connectivity index (χ1v) is 5.67. The summed E-state index contributed by atoms with van der Waals surface area (Å²) >= 11 is 0. The molecule has 86 valence electrons. The molecule has 17 heavy (non-hydrogen) atoms. The van der Waals surface area contributed by atoms with E-state index in [1.54, 1.807) is 6.20 Å². The summed E-state index contributed by atoms with van der Waals surface area (Å²) < 4.78 is 0. The SMILES string of the molecule is Cc1cccc(CC(=O)c2ncccc2C)c1. The third-order valence-electron chi connectivity index (χ3n) is 2.72. The molecular weight excluding hydrogens is 210 g/mol. The van der Waals surface area contributed by atoms with Gasteiger partial charge >= 0.3 is 0 Å². The summed E-state index contributed by atoms with van der Waals surface area (Å²) in [6.45, 7) is 3.94. The lowest BCUT2D eigenvalue weighted by Gasteiger charge is -2.04. The molecule has 2 rings (SSSR count). The maximum absolute atomic E-state index is 12.1. The lowest BCUT2D eigenvalue weighted by molar-refractivity contribution is 0.0987. The quantitative estimate of drug-likeness (QED) is 0.751. The molecule has 0 aliphatic carbocycles. The van der Waals surface area contributed by atoms with E-state index in [0.29, 0.717) is 12.1 Å². The summed E-state index contributed by atoms with van der Waals surface area (Å²) in [4.78, 5) is 16.2. The molecule has 0 aliphatic heterocycles. The van der Waals surface area contributed by atoms with Crippen molar-refractivity contribution in [2.75, 3.05) is 0 Å². The molecular formula is C15H15NO. The van der Waals surface area contributed by atoms with Crippen molar-refractivity contribution in [2.24, 2.45) is 0 Å². The van der Waals surface area contributed by atoms with E-state index in [1.807, 2.05) is 50.2 Å². The van der Waals surface area contributed by atoms with E-state index in [2.05, 4.69) is 4.98 Å². The van der Waals surface area contributed by atoms with E-state index in [9.17, 15) is 4.79 Å². The van der Waals surface area contributed by atoms with Crippen LogP contribution in [0.3, 0.4) is 0 Å². The van der Waals surface area contributed by atoms with Crippen LogP contribution in [0.1, 0.15) is 27.2 Å². The van der Waals surface area contributed by atoms with Crippen LogP contribution >= 0.6 is 0 Å². The zero-order chi connectivity index (χ0) is 12.3. The third-order valence-corrected chi connectivity index (χ3v) is 2.72. The van der Waals surface area contributed by atoms with Gasteiger partial charge in [0.1, 0.15) is 5.69 Å². The Bertz CT molecular complexity index is 546. The van der Waals surface area contributed by atoms with Gasteiger partial charge < -0.3 is 0 Å². The van der Waals surface area contributed by atoms with Crippen LogP contribution < -0.4 is 0 Å². The van der Waals surface area contributed by atoms with Crippen molar-refractivity contribution in [1.82, 2.24) is 4.98 Å². The molecule has 1 heterocycles. The first-order chi connectivity index (χ1) is 8.16. The van der Waals surface area contributed by atoms with Gasteiger partial charge in [-0.1, -0.05) is 35.9 Å². The molecule has 1 aromatic carbocycles. The molecule has 0 saturated heterocycles. The van der Waals surface area contributed by atoms with Crippen LogP contribution in [0, 0.1) is 13.8 Å². The molecule has 0 N–H and O–H groups in total. The highest BCUT2D eigenvalue weighted by molar-refractivity contribution is 5.96. The normalized spacial score (nSPS) is 10.2. The molecule has 0 spiro atoms. The van der Waals surface area contributed by atoms with Gasteiger partial charge in [-0.2, -0.15) is 0 Å². The Morgan fingerprint density at radius 2 is 2.00 bits per heavy atom. The van der Waals surface area contributed by atoms with Crippen molar-refractivity contribution < 1.29 is 4.79 Å². The van der Waals surface area contributed by atoms with Gasteiger partial charge in [-0.05, 0) is 31.0 Å². The highest BCUT2D eigenvalue weighted by Gasteiger charge is 2.10. The predicted molar refractivity (Wildman–Crippen MR) is 68.2 cm³/mol. The van der Waals surface area contributed by atoms with Crippen LogP contribution in [-0.4, -0.2) is 10.8 Å². The van der Waals surface area contributed by atoms with E-state index in [-0.39, 0.29) is 5.78 Å². The largest absolute Gasteiger partial charge is 0.292 e. The molecule has 0 amide bonds. The molecule has 0 fully saturated rings. The van der Waals surface area contributed by atoms with Gasteiger partial charge in [-0.15, -0.1) is 0 Å². The van der Waals surface area contributed by atoms with E-state index in [1.165, 1.54) is 5.56 Å². The first kappa shape index (κ1) is 11.5. The van der Waals surface area contributed by atoms with Gasteiger partial charge in [-0.25, -0.2) is 0 Å². The molecule has 0 bridgehead atoms. The molecule has 2 aromatic rings. The summed E-state index contributed by atoms with van der Waals surface area (Å²) in [5.41, 5.74) is 3.73. The molecule has 0 atom stereocenters. The summed E-state index contributed by atoms with van der Waals surface area (Å²) in [5.74, 6) is 0.0775. The van der Waals surface area contributed by atoms with Gasteiger partial charge in [0.15, 0.2) is 5.78 Å². The van der Waals surface area contributed by atoms with Crippen molar-refractivity contribution in [2.45, 2.75) is 20.3 Å². The molecule has 2 heteroatoms. The van der Waals surface area contributed by atoms with Crippen molar-refractivity contribution in [3.63, 3.8) is 0 Å². The van der Waals surface area contributed by atoms with Gasteiger partial charge in [-0.3, -0.25) is 9.78 Å². The average Bonchev–Trinajstić information content (AvgIpc) is 2.29. The van der Waals surface area contributed by atoms with E-state index < -0.39 is 0 Å². The smallest absolute Gasteiger partial charge is 0.185 e. The van der Waals surface area contributed by atoms with Crippen LogP contribution in [0.4, 0.5) is 0 Å². The molecule has 0 saturated carbocycles. The number of Topliss-reactive ketones (excluding diaryl/α,β-unsaturated/α-hetero) is 1. The second-order valence-electron chi connectivity index (χ2n) is 4.26. The molecule has 0 unspecified atom stereocenters. The predicted octanol–water partition coefficient (Wildman–Crippen LogP) is 3.12. The Balaban J connectivity index is 2.20. The average molecular weight is 225 g/mol. The second kappa shape index (κ2) is 4.91. The summed E-state index contributed by atoms with van der Waals surface area (Å²) in [5, 5.41) is 0. The number of carbonyl (C=O) groups excluding carboxylic acids is 1. The minimum atomic E-state index is 0.0775. The molecule has 0 aliphatic rings. The van der Waals surface area contributed by atoms with Crippen molar-refractivity contribution in [3.05, 3.63) is 65.0 Å². The van der Waals surface area contributed by atoms with Crippen LogP contribution in [0.15, 0.2) is 42.6 Å². The Hall–Kier alpha value is -1.96. The highest BCUT2D eigenvalue weighted by atomic mass is 16.1. The summed E-state index contributed by atoms with van der Waals surface area (Å²) in [7, 11) is 0. The van der Waals surface area contributed by atoms with Crippen LogP contribution in [0.25, 0.3) is 0 Å². The summed E-state index contributed by atoms with van der Waals surface area (Å²) in [6.07, 6.45) is 2.08. The number of rotatable bonds is 3. The number of nitrogens with zero attached hydrogens (tertiary/aromatic N) is 1. The first-order valence-electron chi connectivity index (χ1n) is 5.67. The number of benzene rings is 1. The lowest BCUT2D eigenvalue weighted by Crippen LogP contribution is -2.07. The highest BCUT2D eigenvalue weighted by Crippen LogP contribution is 2.10. The topological polar surface area (TPSA) is 30.0 Å². The van der Waals surface area contributed by atoms with Gasteiger partial charge in [0.2, 0.25) is 0 Å².